The molecule has 2 aliphatic heterocycles. The van der Waals surface area contributed by atoms with Crippen LogP contribution >= 0.6 is 0 Å². The first kappa shape index (κ1) is 13.3. The molecule has 0 radical (unpaired) electrons. The molecule has 2 fully saturated rings. The topological polar surface area (TPSA) is 54.5 Å². The van der Waals surface area contributed by atoms with Crippen LogP contribution in [0.3, 0.4) is 0 Å². The van der Waals surface area contributed by atoms with E-state index in [1.807, 2.05) is 0 Å². The van der Waals surface area contributed by atoms with E-state index in [1.165, 1.54) is 6.07 Å². The van der Waals surface area contributed by atoms with Gasteiger partial charge in [0.1, 0.15) is 5.82 Å². The minimum atomic E-state index is -0.373. The van der Waals surface area contributed by atoms with Crippen molar-refractivity contribution in [2.45, 2.75) is 31.4 Å². The van der Waals surface area contributed by atoms with Crippen LogP contribution in [0.1, 0.15) is 25.0 Å². The van der Waals surface area contributed by atoms with Crippen LogP contribution in [0.25, 0.3) is 0 Å². The van der Waals surface area contributed by atoms with E-state index in [9.17, 15) is 9.18 Å². The Morgan fingerprint density at radius 3 is 2.70 bits per heavy atom. The lowest BCUT2D eigenvalue weighted by atomic mass is 9.84. The smallest absolute Gasteiger partial charge is 0.317 e. The lowest BCUT2D eigenvalue weighted by Crippen LogP contribution is -2.54. The molecule has 2 aliphatic rings. The van der Waals surface area contributed by atoms with Gasteiger partial charge >= 0.3 is 6.03 Å². The van der Waals surface area contributed by atoms with Crippen molar-refractivity contribution < 1.29 is 13.9 Å². The molecule has 0 atom stereocenters. The van der Waals surface area contributed by atoms with Gasteiger partial charge in [0.05, 0.1) is 30.6 Å². The van der Waals surface area contributed by atoms with Crippen LogP contribution in [0.5, 0.6) is 0 Å². The first-order valence-electron chi connectivity index (χ1n) is 6.94. The van der Waals surface area contributed by atoms with Gasteiger partial charge in [-0.3, -0.25) is 4.98 Å². The van der Waals surface area contributed by atoms with Crippen molar-refractivity contribution >= 4 is 6.03 Å². The maximum Gasteiger partial charge on any atom is 0.317 e. The van der Waals surface area contributed by atoms with Crippen LogP contribution in [0.15, 0.2) is 18.3 Å². The van der Waals surface area contributed by atoms with Gasteiger partial charge in [-0.05, 0) is 31.4 Å². The Morgan fingerprint density at radius 1 is 1.40 bits per heavy atom. The number of amides is 2. The largest absolute Gasteiger partial charge is 0.375 e. The Bertz CT molecular complexity index is 478. The number of nitrogens with zero attached hydrogens (tertiary/aromatic N) is 2. The third-order valence-corrected chi connectivity index (χ3v) is 4.14. The summed E-state index contributed by atoms with van der Waals surface area (Å²) in [6.07, 6.45) is 4.09. The second kappa shape index (κ2) is 5.36. The van der Waals surface area contributed by atoms with Crippen molar-refractivity contribution in [1.29, 1.82) is 0 Å². The van der Waals surface area contributed by atoms with E-state index in [0.717, 1.165) is 45.2 Å². The number of aromatic nitrogens is 1. The lowest BCUT2D eigenvalue weighted by Gasteiger charge is -2.47. The van der Waals surface area contributed by atoms with Crippen LogP contribution in [0, 0.1) is 5.82 Å². The van der Waals surface area contributed by atoms with Crippen LogP contribution in [-0.2, 0) is 11.3 Å². The zero-order valence-corrected chi connectivity index (χ0v) is 11.3. The molecule has 0 aliphatic carbocycles. The molecular weight excluding hydrogens is 261 g/mol. The molecule has 6 heteroatoms. The summed E-state index contributed by atoms with van der Waals surface area (Å²) in [5.74, 6) is -0.373. The molecule has 1 spiro atoms. The van der Waals surface area contributed by atoms with Crippen LogP contribution in [0.2, 0.25) is 0 Å². The Hall–Kier alpha value is -1.69. The van der Waals surface area contributed by atoms with Gasteiger partial charge in [-0.25, -0.2) is 9.18 Å². The number of pyridine rings is 1. The predicted octanol–water partition coefficient (Wildman–Crippen LogP) is 1.69. The Balaban J connectivity index is 1.46. The quantitative estimate of drug-likeness (QED) is 0.896. The maximum absolute atomic E-state index is 12.7. The minimum Gasteiger partial charge on any atom is -0.375 e. The third kappa shape index (κ3) is 2.75. The van der Waals surface area contributed by atoms with Gasteiger partial charge < -0.3 is 15.0 Å². The number of nitrogens with one attached hydrogen (secondary N) is 1. The second-order valence-electron chi connectivity index (χ2n) is 5.39. The Kier molecular flexibility index (Phi) is 3.56. The monoisotopic (exact) mass is 279 g/mol. The van der Waals surface area contributed by atoms with Crippen molar-refractivity contribution in [2.24, 2.45) is 0 Å². The van der Waals surface area contributed by atoms with Crippen LogP contribution in [-0.4, -0.2) is 41.2 Å². The summed E-state index contributed by atoms with van der Waals surface area (Å²) in [6.45, 7) is 2.62. The molecule has 0 unspecified atom stereocenters. The van der Waals surface area contributed by atoms with Gasteiger partial charge in [0.15, 0.2) is 0 Å². The summed E-state index contributed by atoms with van der Waals surface area (Å²) in [5, 5.41) is 2.81. The van der Waals surface area contributed by atoms with Crippen molar-refractivity contribution in [1.82, 2.24) is 15.2 Å². The number of likely N-dealkylation sites (tertiary alicyclic amines) is 1. The number of halogens is 1. The molecule has 3 rings (SSSR count). The van der Waals surface area contributed by atoms with Crippen molar-refractivity contribution in [3.63, 3.8) is 0 Å². The Morgan fingerprint density at radius 2 is 2.15 bits per heavy atom. The molecule has 0 aromatic carbocycles. The van der Waals surface area contributed by atoms with E-state index in [-0.39, 0.29) is 17.4 Å². The maximum atomic E-state index is 12.7. The highest BCUT2D eigenvalue weighted by Gasteiger charge is 2.41. The van der Waals surface area contributed by atoms with Gasteiger partial charge in [-0.15, -0.1) is 0 Å². The summed E-state index contributed by atoms with van der Waals surface area (Å²) in [5.41, 5.74) is 0.700. The highest BCUT2D eigenvalue weighted by atomic mass is 19.1. The standard InChI is InChI=1S/C14H18FN3O2/c15-11-1-2-12(16-9-11)10-17-13(19)18-6-3-14(4-7-18)5-8-20-14/h1-2,9H,3-8,10H2,(H,17,19). The van der Waals surface area contributed by atoms with Crippen molar-refractivity contribution in [3.8, 4) is 0 Å². The molecule has 108 valence electrons. The number of carbonyl (C=O) groups is 1. The van der Waals surface area contributed by atoms with Crippen LogP contribution in [0.4, 0.5) is 9.18 Å². The molecule has 5 nitrogen and oxygen atoms in total. The number of carbonyl (C=O) groups excluding carboxylic acids is 1. The second-order valence-corrected chi connectivity index (χ2v) is 5.39. The fourth-order valence-corrected chi connectivity index (χ4v) is 2.69. The van der Waals surface area contributed by atoms with E-state index in [4.69, 9.17) is 4.74 Å². The molecule has 0 bridgehead atoms. The van der Waals surface area contributed by atoms with Gasteiger partial charge in [-0.1, -0.05) is 0 Å². The number of ether oxygens (including phenoxy) is 1. The lowest BCUT2D eigenvalue weighted by molar-refractivity contribution is -0.169. The third-order valence-electron chi connectivity index (χ3n) is 4.14. The molecule has 2 saturated heterocycles. The number of hydrogen-bond donors (Lipinski definition) is 1. The summed E-state index contributed by atoms with van der Waals surface area (Å²) < 4.78 is 18.3. The van der Waals surface area contributed by atoms with Gasteiger partial charge in [-0.2, -0.15) is 0 Å². The number of piperidine rings is 1. The van der Waals surface area contributed by atoms with E-state index >= 15 is 0 Å². The van der Waals surface area contributed by atoms with Crippen molar-refractivity contribution in [3.05, 3.63) is 29.8 Å². The zero-order valence-electron chi connectivity index (χ0n) is 11.3. The number of rotatable bonds is 2. The molecule has 20 heavy (non-hydrogen) atoms. The number of hydrogen-bond acceptors (Lipinski definition) is 3. The van der Waals surface area contributed by atoms with Gasteiger partial charge in [0.2, 0.25) is 0 Å². The molecular formula is C14H18FN3O2. The summed E-state index contributed by atoms with van der Waals surface area (Å²) >= 11 is 0. The van der Waals surface area contributed by atoms with E-state index in [0.29, 0.717) is 12.2 Å². The average molecular weight is 279 g/mol. The van der Waals surface area contributed by atoms with E-state index in [2.05, 4.69) is 10.3 Å². The SMILES string of the molecule is O=C(NCc1ccc(F)cn1)N1CCC2(CCO2)CC1. The molecule has 1 aromatic rings. The van der Waals surface area contributed by atoms with Gasteiger partial charge in [0, 0.05) is 13.1 Å². The number of urea groups is 1. The summed E-state index contributed by atoms with van der Waals surface area (Å²) in [7, 11) is 0. The fraction of sp³-hybridized carbons (Fsp3) is 0.571. The van der Waals surface area contributed by atoms with Crippen LogP contribution < -0.4 is 5.32 Å². The van der Waals surface area contributed by atoms with Gasteiger partial charge in [0.25, 0.3) is 0 Å². The summed E-state index contributed by atoms with van der Waals surface area (Å²) in [6, 6.07) is 2.82. The molecule has 3 heterocycles. The molecule has 0 saturated carbocycles. The average Bonchev–Trinajstić information content (AvgIpc) is 2.45. The Labute approximate surface area is 117 Å². The fourth-order valence-electron chi connectivity index (χ4n) is 2.69. The molecule has 1 N–H and O–H groups in total. The highest BCUT2D eigenvalue weighted by molar-refractivity contribution is 5.74. The zero-order chi connectivity index (χ0) is 14.0. The van der Waals surface area contributed by atoms with E-state index in [1.54, 1.807) is 11.0 Å². The van der Waals surface area contributed by atoms with E-state index < -0.39 is 0 Å². The minimum absolute atomic E-state index is 0.0509. The normalized spacial score (nSPS) is 20.6. The summed E-state index contributed by atoms with van der Waals surface area (Å²) in [4.78, 5) is 17.7. The molecule has 2 amide bonds. The highest BCUT2D eigenvalue weighted by Crippen LogP contribution is 2.36. The first-order valence-corrected chi connectivity index (χ1v) is 6.94. The first-order chi connectivity index (χ1) is 9.67. The predicted molar refractivity (Wildman–Crippen MR) is 70.5 cm³/mol. The van der Waals surface area contributed by atoms with Crippen molar-refractivity contribution in [2.75, 3.05) is 19.7 Å². The molecule has 1 aromatic heterocycles.